The summed E-state index contributed by atoms with van der Waals surface area (Å²) < 4.78 is 9.71. The van der Waals surface area contributed by atoms with Crippen LogP contribution in [0.4, 0.5) is 0 Å². The Bertz CT molecular complexity index is 223. The first-order valence-electron chi connectivity index (χ1n) is 5.72. The van der Waals surface area contributed by atoms with Crippen molar-refractivity contribution < 1.29 is 14.3 Å². The van der Waals surface area contributed by atoms with E-state index in [0.29, 0.717) is 12.3 Å². The topological polar surface area (TPSA) is 64.8 Å². The maximum absolute atomic E-state index is 11.1. The summed E-state index contributed by atoms with van der Waals surface area (Å²) in [7, 11) is 3.10. The molecule has 1 fully saturated rings. The van der Waals surface area contributed by atoms with Crippen molar-refractivity contribution in [1.82, 2.24) is 4.90 Å². The van der Waals surface area contributed by atoms with Gasteiger partial charge in [-0.15, -0.1) is 0 Å². The van der Waals surface area contributed by atoms with Crippen LogP contribution in [0.15, 0.2) is 0 Å². The Balaban J connectivity index is 2.17. The second-order valence-corrected chi connectivity index (χ2v) is 4.33. The lowest BCUT2D eigenvalue weighted by Gasteiger charge is -2.17. The number of methoxy groups -OCH3 is 2. The molecular formula is C11H22N2O3. The fraction of sp³-hybridized carbons (Fsp3) is 0.909. The number of carbonyl (C=O) groups is 1. The molecule has 1 aliphatic heterocycles. The minimum Gasteiger partial charge on any atom is -0.468 e. The normalized spacial score (nSPS) is 23.3. The fourth-order valence-corrected chi connectivity index (χ4v) is 2.08. The van der Waals surface area contributed by atoms with Crippen molar-refractivity contribution in [2.24, 2.45) is 11.7 Å². The molecule has 94 valence electrons. The summed E-state index contributed by atoms with van der Waals surface area (Å²) in [6.07, 6.45) is 1.83. The van der Waals surface area contributed by atoms with Gasteiger partial charge in [-0.2, -0.15) is 0 Å². The van der Waals surface area contributed by atoms with Gasteiger partial charge < -0.3 is 20.1 Å². The van der Waals surface area contributed by atoms with Gasteiger partial charge in [-0.1, -0.05) is 0 Å². The minimum atomic E-state index is -0.494. The fourth-order valence-electron chi connectivity index (χ4n) is 2.08. The molecule has 0 aromatic carbocycles. The van der Waals surface area contributed by atoms with Crippen LogP contribution in [0.3, 0.4) is 0 Å². The zero-order chi connectivity index (χ0) is 12.0. The molecule has 0 aliphatic carbocycles. The summed E-state index contributed by atoms with van der Waals surface area (Å²) in [6, 6.07) is -0.494. The van der Waals surface area contributed by atoms with Crippen LogP contribution in [-0.2, 0) is 14.3 Å². The second kappa shape index (κ2) is 6.83. The molecule has 0 saturated carbocycles. The van der Waals surface area contributed by atoms with E-state index in [1.165, 1.54) is 13.5 Å². The van der Waals surface area contributed by atoms with Crippen LogP contribution in [0, 0.1) is 5.92 Å². The Labute approximate surface area is 96.9 Å². The Morgan fingerprint density at radius 3 is 2.94 bits per heavy atom. The Morgan fingerprint density at radius 2 is 2.31 bits per heavy atom. The van der Waals surface area contributed by atoms with Gasteiger partial charge in [-0.3, -0.25) is 4.79 Å². The van der Waals surface area contributed by atoms with E-state index in [2.05, 4.69) is 9.64 Å². The zero-order valence-corrected chi connectivity index (χ0v) is 10.1. The van der Waals surface area contributed by atoms with Crippen molar-refractivity contribution in [2.75, 3.05) is 40.5 Å². The van der Waals surface area contributed by atoms with Gasteiger partial charge >= 0.3 is 5.97 Å². The van der Waals surface area contributed by atoms with Gasteiger partial charge in [0.15, 0.2) is 0 Å². The van der Waals surface area contributed by atoms with Crippen LogP contribution < -0.4 is 5.73 Å². The summed E-state index contributed by atoms with van der Waals surface area (Å²) in [4.78, 5) is 13.4. The number of nitrogens with two attached hydrogens (primary N) is 1. The third kappa shape index (κ3) is 4.08. The first kappa shape index (κ1) is 13.4. The quantitative estimate of drug-likeness (QED) is 0.643. The van der Waals surface area contributed by atoms with Gasteiger partial charge in [-0.25, -0.2) is 0 Å². The van der Waals surface area contributed by atoms with E-state index in [0.717, 1.165) is 26.2 Å². The van der Waals surface area contributed by atoms with Crippen LogP contribution in [0.25, 0.3) is 0 Å². The van der Waals surface area contributed by atoms with E-state index in [1.807, 2.05) is 0 Å². The number of nitrogens with zero attached hydrogens (tertiary/aromatic N) is 1. The van der Waals surface area contributed by atoms with Crippen LogP contribution in [0.5, 0.6) is 0 Å². The zero-order valence-electron chi connectivity index (χ0n) is 10.1. The molecule has 0 amide bonds. The summed E-state index contributed by atoms with van der Waals surface area (Å²) in [5.41, 5.74) is 5.67. The molecule has 2 unspecified atom stereocenters. The lowest BCUT2D eigenvalue weighted by Crippen LogP contribution is -2.36. The van der Waals surface area contributed by atoms with Gasteiger partial charge in [0.2, 0.25) is 0 Å². The number of ether oxygens (including phenoxy) is 2. The molecule has 2 N–H and O–H groups in total. The molecule has 1 saturated heterocycles. The van der Waals surface area contributed by atoms with Crippen molar-refractivity contribution in [3.8, 4) is 0 Å². The van der Waals surface area contributed by atoms with Crippen molar-refractivity contribution in [1.29, 1.82) is 0 Å². The number of likely N-dealkylation sites (tertiary alicyclic amines) is 1. The van der Waals surface area contributed by atoms with E-state index >= 15 is 0 Å². The molecule has 1 rings (SSSR count). The van der Waals surface area contributed by atoms with Gasteiger partial charge in [0, 0.05) is 20.2 Å². The maximum atomic E-state index is 11.1. The highest BCUT2D eigenvalue weighted by Crippen LogP contribution is 2.16. The highest BCUT2D eigenvalue weighted by atomic mass is 16.5. The number of carbonyl (C=O) groups excluding carboxylic acids is 1. The predicted octanol–water partition coefficient (Wildman–Crippen LogP) is -0.155. The minimum absolute atomic E-state index is 0.326. The third-order valence-corrected chi connectivity index (χ3v) is 3.03. The first-order chi connectivity index (χ1) is 7.67. The van der Waals surface area contributed by atoms with Gasteiger partial charge in [0.25, 0.3) is 0 Å². The molecule has 2 atom stereocenters. The summed E-state index contributed by atoms with van der Waals surface area (Å²) in [5, 5.41) is 0. The van der Waals surface area contributed by atoms with Crippen LogP contribution >= 0.6 is 0 Å². The van der Waals surface area contributed by atoms with Gasteiger partial charge in [0.1, 0.15) is 6.04 Å². The monoisotopic (exact) mass is 230 g/mol. The molecule has 0 spiro atoms. The smallest absolute Gasteiger partial charge is 0.322 e. The molecule has 0 radical (unpaired) electrons. The molecular weight excluding hydrogens is 208 g/mol. The van der Waals surface area contributed by atoms with Gasteiger partial charge in [0.05, 0.1) is 13.7 Å². The Morgan fingerprint density at radius 1 is 1.56 bits per heavy atom. The molecule has 0 bridgehead atoms. The van der Waals surface area contributed by atoms with E-state index in [9.17, 15) is 4.79 Å². The Hall–Kier alpha value is -0.650. The van der Waals surface area contributed by atoms with Gasteiger partial charge in [-0.05, 0) is 25.3 Å². The van der Waals surface area contributed by atoms with E-state index in [-0.39, 0.29) is 5.97 Å². The van der Waals surface area contributed by atoms with E-state index in [1.54, 1.807) is 7.11 Å². The first-order valence-corrected chi connectivity index (χ1v) is 5.72. The third-order valence-electron chi connectivity index (χ3n) is 3.03. The molecule has 0 aromatic heterocycles. The van der Waals surface area contributed by atoms with Crippen molar-refractivity contribution >= 4 is 5.97 Å². The van der Waals surface area contributed by atoms with E-state index < -0.39 is 6.04 Å². The largest absolute Gasteiger partial charge is 0.468 e. The number of hydrogen-bond donors (Lipinski definition) is 1. The summed E-state index contributed by atoms with van der Waals surface area (Å²) in [5.74, 6) is 0.298. The van der Waals surface area contributed by atoms with Crippen molar-refractivity contribution in [3.63, 3.8) is 0 Å². The molecule has 5 nitrogen and oxygen atoms in total. The molecule has 16 heavy (non-hydrogen) atoms. The average Bonchev–Trinajstić information content (AvgIpc) is 2.73. The SMILES string of the molecule is COCC1CCN(CCC(N)C(=O)OC)C1. The average molecular weight is 230 g/mol. The maximum Gasteiger partial charge on any atom is 0.322 e. The van der Waals surface area contributed by atoms with E-state index in [4.69, 9.17) is 10.5 Å². The summed E-state index contributed by atoms with van der Waals surface area (Å²) in [6.45, 7) is 3.79. The van der Waals surface area contributed by atoms with Crippen LogP contribution in [0.2, 0.25) is 0 Å². The molecule has 5 heteroatoms. The number of esters is 1. The predicted molar refractivity (Wildman–Crippen MR) is 61.0 cm³/mol. The molecule has 1 aliphatic rings. The highest BCUT2D eigenvalue weighted by Gasteiger charge is 2.23. The number of rotatable bonds is 6. The van der Waals surface area contributed by atoms with Crippen molar-refractivity contribution in [2.45, 2.75) is 18.9 Å². The molecule has 0 aromatic rings. The highest BCUT2D eigenvalue weighted by molar-refractivity contribution is 5.75. The second-order valence-electron chi connectivity index (χ2n) is 4.33. The summed E-state index contributed by atoms with van der Waals surface area (Å²) >= 11 is 0. The molecule has 1 heterocycles. The van der Waals surface area contributed by atoms with Crippen LogP contribution in [0.1, 0.15) is 12.8 Å². The van der Waals surface area contributed by atoms with Crippen LogP contribution in [-0.4, -0.2) is 57.4 Å². The Kier molecular flexibility index (Phi) is 5.73. The van der Waals surface area contributed by atoms with Crippen molar-refractivity contribution in [3.05, 3.63) is 0 Å². The lowest BCUT2D eigenvalue weighted by molar-refractivity contribution is -0.142. The standard InChI is InChI=1S/C11H22N2O3/c1-15-8-9-3-5-13(7-9)6-4-10(12)11(14)16-2/h9-10H,3-8,12H2,1-2H3. The number of hydrogen-bond acceptors (Lipinski definition) is 5. The lowest BCUT2D eigenvalue weighted by atomic mass is 10.1.